The van der Waals surface area contributed by atoms with E-state index in [2.05, 4.69) is 26.0 Å². The summed E-state index contributed by atoms with van der Waals surface area (Å²) in [5.41, 5.74) is 0.608. The summed E-state index contributed by atoms with van der Waals surface area (Å²) in [6.07, 6.45) is 0.568. The zero-order valence-corrected chi connectivity index (χ0v) is 15.1. The van der Waals surface area contributed by atoms with Crippen molar-refractivity contribution in [3.05, 3.63) is 28.0 Å². The number of hydrogen-bond donors (Lipinski definition) is 2. The summed E-state index contributed by atoms with van der Waals surface area (Å²) >= 11 is 3.19. The molecular weight excluding hydrogens is 383 g/mol. The number of hydrogen-bond acceptors (Lipinski definition) is 4. The van der Waals surface area contributed by atoms with E-state index in [0.29, 0.717) is 18.8 Å². The molecule has 24 heavy (non-hydrogen) atoms. The molecular formula is C16H20BrFN2O4. The number of ether oxygens (including phenoxy) is 1. The maximum atomic E-state index is 14.0. The van der Waals surface area contributed by atoms with Crippen molar-refractivity contribution in [1.82, 2.24) is 4.90 Å². The number of halogens is 2. The quantitative estimate of drug-likeness (QED) is 0.752. The van der Waals surface area contributed by atoms with Crippen molar-refractivity contribution in [3.8, 4) is 0 Å². The number of methoxy groups -OCH3 is 1. The fourth-order valence-electron chi connectivity index (χ4n) is 2.88. The lowest BCUT2D eigenvalue weighted by Gasteiger charge is -2.34. The third-order valence-corrected chi connectivity index (χ3v) is 5.16. The monoisotopic (exact) mass is 402 g/mol. The highest BCUT2D eigenvalue weighted by molar-refractivity contribution is 9.10. The fourth-order valence-corrected chi connectivity index (χ4v) is 3.23. The van der Waals surface area contributed by atoms with Gasteiger partial charge in [0.2, 0.25) is 0 Å². The average Bonchev–Trinajstić information content (AvgIpc) is 2.57. The van der Waals surface area contributed by atoms with E-state index in [0.717, 1.165) is 18.9 Å². The molecule has 1 unspecified atom stereocenters. The normalized spacial score (nSPS) is 16.6. The Labute approximate surface area is 148 Å². The molecule has 1 atom stereocenters. The first-order valence-corrected chi connectivity index (χ1v) is 8.44. The molecule has 2 N–H and O–H groups in total. The smallest absolute Gasteiger partial charge is 0.407 e. The highest BCUT2D eigenvalue weighted by Gasteiger charge is 2.26. The molecule has 2 rings (SSSR count). The second-order valence-corrected chi connectivity index (χ2v) is 6.64. The Hall–Kier alpha value is -1.83. The van der Waals surface area contributed by atoms with Crippen LogP contribution in [-0.4, -0.2) is 48.3 Å². The summed E-state index contributed by atoms with van der Waals surface area (Å²) in [5, 5.41) is 12.2. The Kier molecular flexibility index (Phi) is 6.04. The van der Waals surface area contributed by atoms with Gasteiger partial charge in [0.1, 0.15) is 5.82 Å². The van der Waals surface area contributed by atoms with E-state index < -0.39 is 17.9 Å². The number of benzene rings is 1. The number of nitrogens with one attached hydrogen (secondary N) is 1. The van der Waals surface area contributed by atoms with E-state index in [1.54, 1.807) is 6.07 Å². The first-order chi connectivity index (χ1) is 11.3. The second-order valence-electron chi connectivity index (χ2n) is 5.85. The Bertz CT molecular complexity index is 633. The summed E-state index contributed by atoms with van der Waals surface area (Å²) in [4.78, 5) is 24.0. The molecule has 0 saturated carbocycles. The molecule has 1 amide bonds. The number of carbonyl (C=O) groups is 2. The largest absolute Gasteiger partial charge is 0.465 e. The molecule has 1 aliphatic rings. The van der Waals surface area contributed by atoms with Crippen LogP contribution in [0.15, 0.2) is 16.6 Å². The minimum atomic E-state index is -0.898. The number of amides is 1. The number of esters is 1. The molecule has 1 fully saturated rings. The van der Waals surface area contributed by atoms with Gasteiger partial charge in [-0.05, 0) is 53.7 Å². The number of anilines is 1. The molecule has 6 nitrogen and oxygen atoms in total. The molecule has 0 bridgehead atoms. The lowest BCUT2D eigenvalue weighted by molar-refractivity contribution is 0.0600. The molecule has 1 aromatic rings. The van der Waals surface area contributed by atoms with Crippen molar-refractivity contribution in [2.45, 2.75) is 25.8 Å². The topological polar surface area (TPSA) is 78.9 Å². The van der Waals surface area contributed by atoms with Gasteiger partial charge in [-0.15, -0.1) is 0 Å². The molecule has 1 aromatic carbocycles. The van der Waals surface area contributed by atoms with Gasteiger partial charge in [-0.3, -0.25) is 0 Å². The van der Waals surface area contributed by atoms with Crippen molar-refractivity contribution in [2.75, 3.05) is 25.5 Å². The van der Waals surface area contributed by atoms with Crippen LogP contribution < -0.4 is 5.32 Å². The summed E-state index contributed by atoms with van der Waals surface area (Å²) in [6.45, 7) is 2.95. The van der Waals surface area contributed by atoms with Crippen LogP contribution in [0, 0.1) is 11.7 Å². The Morgan fingerprint density at radius 1 is 1.42 bits per heavy atom. The van der Waals surface area contributed by atoms with Crippen molar-refractivity contribution >= 4 is 33.7 Å². The first kappa shape index (κ1) is 18.5. The standard InChI is InChI=1S/C16H20BrFN2O4/c1-9(10-3-5-20(6-4-10)16(22)23)19-13-8-11(15(21)24-2)7-12(18)14(13)17/h7-10,19H,3-6H2,1-2H3,(H,22,23). The van der Waals surface area contributed by atoms with Crippen LogP contribution in [0.5, 0.6) is 0 Å². The minimum absolute atomic E-state index is 0.00421. The maximum absolute atomic E-state index is 14.0. The van der Waals surface area contributed by atoms with Crippen molar-refractivity contribution in [2.24, 2.45) is 5.92 Å². The summed E-state index contributed by atoms with van der Waals surface area (Å²) in [6, 6.07) is 2.67. The predicted octanol–water partition coefficient (Wildman–Crippen LogP) is 3.57. The minimum Gasteiger partial charge on any atom is -0.465 e. The van der Waals surface area contributed by atoms with Gasteiger partial charge in [-0.2, -0.15) is 0 Å². The molecule has 0 radical (unpaired) electrons. The van der Waals surface area contributed by atoms with E-state index in [-0.39, 0.29) is 22.0 Å². The summed E-state index contributed by atoms with van der Waals surface area (Å²) in [5.74, 6) is -0.891. The number of piperidine rings is 1. The molecule has 1 heterocycles. The summed E-state index contributed by atoms with van der Waals surface area (Å²) < 4.78 is 18.9. The van der Waals surface area contributed by atoms with Crippen molar-refractivity contribution in [1.29, 1.82) is 0 Å². The lowest BCUT2D eigenvalue weighted by atomic mass is 9.90. The van der Waals surface area contributed by atoms with Crippen molar-refractivity contribution < 1.29 is 23.8 Å². The van der Waals surface area contributed by atoms with Gasteiger partial charge < -0.3 is 20.1 Å². The average molecular weight is 403 g/mol. The fraction of sp³-hybridized carbons (Fsp3) is 0.500. The van der Waals surface area contributed by atoms with E-state index in [1.165, 1.54) is 12.0 Å². The summed E-state index contributed by atoms with van der Waals surface area (Å²) in [7, 11) is 1.24. The second kappa shape index (κ2) is 7.83. The zero-order chi connectivity index (χ0) is 17.9. The van der Waals surface area contributed by atoms with Gasteiger partial charge in [0.05, 0.1) is 22.8 Å². The molecule has 0 aliphatic carbocycles. The van der Waals surface area contributed by atoms with Crippen LogP contribution in [-0.2, 0) is 4.74 Å². The van der Waals surface area contributed by atoms with Gasteiger partial charge in [0, 0.05) is 19.1 Å². The van der Waals surface area contributed by atoms with Crippen LogP contribution in [0.3, 0.4) is 0 Å². The van der Waals surface area contributed by atoms with Crippen LogP contribution in [0.25, 0.3) is 0 Å². The Morgan fingerprint density at radius 2 is 2.04 bits per heavy atom. The van der Waals surface area contributed by atoms with Gasteiger partial charge >= 0.3 is 12.1 Å². The Morgan fingerprint density at radius 3 is 2.58 bits per heavy atom. The third-order valence-electron chi connectivity index (χ3n) is 4.35. The molecule has 132 valence electrons. The molecule has 8 heteroatoms. The van der Waals surface area contributed by atoms with Crippen LogP contribution in [0.2, 0.25) is 0 Å². The number of carbonyl (C=O) groups excluding carboxylic acids is 1. The first-order valence-electron chi connectivity index (χ1n) is 7.65. The van der Waals surface area contributed by atoms with Gasteiger partial charge in [-0.1, -0.05) is 0 Å². The predicted molar refractivity (Wildman–Crippen MR) is 90.8 cm³/mol. The van der Waals surface area contributed by atoms with Gasteiger partial charge in [-0.25, -0.2) is 14.0 Å². The van der Waals surface area contributed by atoms with Crippen molar-refractivity contribution in [3.63, 3.8) is 0 Å². The number of likely N-dealkylation sites (tertiary alicyclic amines) is 1. The van der Waals surface area contributed by atoms with Gasteiger partial charge in [0.15, 0.2) is 0 Å². The zero-order valence-electron chi connectivity index (χ0n) is 13.5. The lowest BCUT2D eigenvalue weighted by Crippen LogP contribution is -2.41. The molecule has 1 aliphatic heterocycles. The number of rotatable bonds is 4. The Balaban J connectivity index is 2.09. The number of carboxylic acid groups (broad SMARTS) is 1. The van der Waals surface area contributed by atoms with E-state index in [4.69, 9.17) is 5.11 Å². The highest BCUT2D eigenvalue weighted by atomic mass is 79.9. The molecule has 1 saturated heterocycles. The third kappa shape index (κ3) is 4.17. The van der Waals surface area contributed by atoms with E-state index in [9.17, 15) is 14.0 Å². The van der Waals surface area contributed by atoms with E-state index >= 15 is 0 Å². The van der Waals surface area contributed by atoms with Crippen LogP contribution >= 0.6 is 15.9 Å². The van der Waals surface area contributed by atoms with Gasteiger partial charge in [0.25, 0.3) is 0 Å². The van der Waals surface area contributed by atoms with E-state index in [1.807, 2.05) is 6.92 Å². The molecule has 0 spiro atoms. The SMILES string of the molecule is COC(=O)c1cc(F)c(Br)c(NC(C)C2CCN(C(=O)O)CC2)c1. The molecule has 0 aromatic heterocycles. The number of nitrogens with zero attached hydrogens (tertiary/aromatic N) is 1. The highest BCUT2D eigenvalue weighted by Crippen LogP contribution is 2.30. The van der Waals surface area contributed by atoms with Crippen LogP contribution in [0.4, 0.5) is 14.9 Å². The van der Waals surface area contributed by atoms with Crippen LogP contribution in [0.1, 0.15) is 30.1 Å². The maximum Gasteiger partial charge on any atom is 0.407 e.